The third-order valence-electron chi connectivity index (χ3n) is 2.22. The molecule has 0 aliphatic heterocycles. The lowest BCUT2D eigenvalue weighted by molar-refractivity contribution is 0.587. The molecular formula is C11H10BrF2N3. The molecule has 2 aromatic rings. The van der Waals surface area contributed by atoms with Crippen LogP contribution in [0.4, 0.5) is 14.7 Å². The molecule has 0 radical (unpaired) electrons. The van der Waals surface area contributed by atoms with Crippen molar-refractivity contribution >= 4 is 21.9 Å². The van der Waals surface area contributed by atoms with Crippen molar-refractivity contribution in [2.24, 2.45) is 0 Å². The summed E-state index contributed by atoms with van der Waals surface area (Å²) in [7, 11) is 0. The Morgan fingerprint density at radius 1 is 1.35 bits per heavy atom. The van der Waals surface area contributed by atoms with Gasteiger partial charge in [-0.1, -0.05) is 0 Å². The molecule has 6 heteroatoms. The van der Waals surface area contributed by atoms with Crippen molar-refractivity contribution in [2.45, 2.75) is 6.92 Å². The SMILES string of the molecule is CCNc1nccn1-c1cc(F)c(Br)cc1F. The predicted molar refractivity (Wildman–Crippen MR) is 65.3 cm³/mol. The van der Waals surface area contributed by atoms with E-state index in [4.69, 9.17) is 0 Å². The largest absolute Gasteiger partial charge is 0.356 e. The predicted octanol–water partition coefficient (Wildman–Crippen LogP) is 3.34. The molecule has 17 heavy (non-hydrogen) atoms. The maximum Gasteiger partial charge on any atom is 0.207 e. The molecule has 90 valence electrons. The molecule has 1 aromatic carbocycles. The van der Waals surface area contributed by atoms with E-state index in [9.17, 15) is 8.78 Å². The molecule has 0 aliphatic carbocycles. The molecule has 0 saturated heterocycles. The van der Waals surface area contributed by atoms with Crippen LogP contribution in [0.5, 0.6) is 0 Å². The molecule has 0 fully saturated rings. The van der Waals surface area contributed by atoms with Crippen molar-refractivity contribution in [1.29, 1.82) is 0 Å². The topological polar surface area (TPSA) is 29.9 Å². The molecule has 0 saturated carbocycles. The van der Waals surface area contributed by atoms with Crippen LogP contribution >= 0.6 is 15.9 Å². The Bertz CT molecular complexity index is 540. The molecule has 0 atom stereocenters. The number of imidazole rings is 1. The molecule has 0 aliphatic rings. The molecule has 0 bridgehead atoms. The van der Waals surface area contributed by atoms with Crippen LogP contribution in [0.2, 0.25) is 0 Å². The van der Waals surface area contributed by atoms with Crippen LogP contribution in [-0.4, -0.2) is 16.1 Å². The van der Waals surface area contributed by atoms with Crippen LogP contribution in [-0.2, 0) is 0 Å². The molecule has 1 aromatic heterocycles. The van der Waals surface area contributed by atoms with Crippen molar-refractivity contribution in [3.05, 3.63) is 40.6 Å². The lowest BCUT2D eigenvalue weighted by atomic mass is 10.3. The van der Waals surface area contributed by atoms with E-state index in [1.54, 1.807) is 6.20 Å². The highest BCUT2D eigenvalue weighted by atomic mass is 79.9. The Hall–Kier alpha value is -1.43. The van der Waals surface area contributed by atoms with E-state index in [1.165, 1.54) is 10.8 Å². The quantitative estimate of drug-likeness (QED) is 0.881. The Kier molecular flexibility index (Phi) is 3.42. The Morgan fingerprint density at radius 2 is 2.12 bits per heavy atom. The van der Waals surface area contributed by atoms with E-state index in [1.807, 2.05) is 6.92 Å². The number of aromatic nitrogens is 2. The Balaban J connectivity index is 2.52. The van der Waals surface area contributed by atoms with E-state index in [0.29, 0.717) is 12.5 Å². The maximum absolute atomic E-state index is 13.7. The smallest absolute Gasteiger partial charge is 0.207 e. The van der Waals surface area contributed by atoms with Gasteiger partial charge in [0.1, 0.15) is 11.6 Å². The Morgan fingerprint density at radius 3 is 2.82 bits per heavy atom. The fourth-order valence-corrected chi connectivity index (χ4v) is 1.80. The average Bonchev–Trinajstić information content (AvgIpc) is 2.72. The zero-order valence-corrected chi connectivity index (χ0v) is 10.6. The maximum atomic E-state index is 13.7. The molecule has 0 spiro atoms. The molecule has 1 heterocycles. The monoisotopic (exact) mass is 301 g/mol. The summed E-state index contributed by atoms with van der Waals surface area (Å²) in [6.45, 7) is 2.55. The van der Waals surface area contributed by atoms with Gasteiger partial charge in [-0.25, -0.2) is 13.8 Å². The lowest BCUT2D eigenvalue weighted by Gasteiger charge is -2.10. The summed E-state index contributed by atoms with van der Waals surface area (Å²) in [5, 5.41) is 2.97. The highest BCUT2D eigenvalue weighted by molar-refractivity contribution is 9.10. The van der Waals surface area contributed by atoms with Gasteiger partial charge in [0, 0.05) is 25.0 Å². The van der Waals surface area contributed by atoms with Gasteiger partial charge in [-0.05, 0) is 28.9 Å². The van der Waals surface area contributed by atoms with Crippen molar-refractivity contribution in [1.82, 2.24) is 9.55 Å². The second-order valence-electron chi connectivity index (χ2n) is 3.37. The summed E-state index contributed by atoms with van der Waals surface area (Å²) in [5.41, 5.74) is 0.124. The number of halogens is 3. The minimum Gasteiger partial charge on any atom is -0.356 e. The van der Waals surface area contributed by atoms with Crippen LogP contribution < -0.4 is 5.32 Å². The van der Waals surface area contributed by atoms with Gasteiger partial charge in [-0.15, -0.1) is 0 Å². The van der Waals surface area contributed by atoms with Crippen LogP contribution in [0, 0.1) is 11.6 Å². The van der Waals surface area contributed by atoms with Crippen molar-refractivity contribution in [3.8, 4) is 5.69 Å². The molecule has 0 amide bonds. The lowest BCUT2D eigenvalue weighted by Crippen LogP contribution is -2.06. The van der Waals surface area contributed by atoms with E-state index < -0.39 is 11.6 Å². The summed E-state index contributed by atoms with van der Waals surface area (Å²) in [6, 6.07) is 2.22. The van der Waals surface area contributed by atoms with Crippen molar-refractivity contribution in [3.63, 3.8) is 0 Å². The van der Waals surface area contributed by atoms with Crippen LogP contribution in [0.1, 0.15) is 6.92 Å². The first-order chi connectivity index (χ1) is 8.13. The zero-order valence-electron chi connectivity index (χ0n) is 9.04. The summed E-state index contributed by atoms with van der Waals surface area (Å²) < 4.78 is 28.7. The molecule has 2 rings (SSSR count). The number of benzene rings is 1. The third kappa shape index (κ3) is 2.31. The molecule has 3 nitrogen and oxygen atoms in total. The standard InChI is InChI=1S/C11H10BrF2N3/c1-2-15-11-16-3-4-17(11)10-6-8(13)7(12)5-9(10)14/h3-6H,2H2,1H3,(H,15,16). The van der Waals surface area contributed by atoms with Crippen molar-refractivity contribution < 1.29 is 8.78 Å². The van der Waals surface area contributed by atoms with Crippen LogP contribution in [0.3, 0.4) is 0 Å². The van der Waals surface area contributed by atoms with E-state index in [2.05, 4.69) is 26.2 Å². The van der Waals surface area contributed by atoms with E-state index >= 15 is 0 Å². The number of hydrogen-bond acceptors (Lipinski definition) is 2. The van der Waals surface area contributed by atoms with Crippen LogP contribution in [0.15, 0.2) is 29.0 Å². The van der Waals surface area contributed by atoms with E-state index in [0.717, 1.165) is 12.1 Å². The van der Waals surface area contributed by atoms with Crippen molar-refractivity contribution in [2.75, 3.05) is 11.9 Å². The second kappa shape index (κ2) is 4.83. The van der Waals surface area contributed by atoms with Gasteiger partial charge in [0.15, 0.2) is 0 Å². The summed E-state index contributed by atoms with van der Waals surface area (Å²) in [4.78, 5) is 4.03. The van der Waals surface area contributed by atoms with Gasteiger partial charge in [-0.3, -0.25) is 4.57 Å². The highest BCUT2D eigenvalue weighted by Crippen LogP contribution is 2.24. The van der Waals surface area contributed by atoms with Gasteiger partial charge in [0.2, 0.25) is 5.95 Å². The normalized spacial score (nSPS) is 10.6. The van der Waals surface area contributed by atoms with Gasteiger partial charge < -0.3 is 5.32 Å². The minimum absolute atomic E-state index is 0.101. The fraction of sp³-hybridized carbons (Fsp3) is 0.182. The third-order valence-corrected chi connectivity index (χ3v) is 2.83. The zero-order chi connectivity index (χ0) is 12.4. The first-order valence-electron chi connectivity index (χ1n) is 5.05. The second-order valence-corrected chi connectivity index (χ2v) is 4.22. The summed E-state index contributed by atoms with van der Waals surface area (Å²) >= 11 is 2.94. The number of rotatable bonds is 3. The first-order valence-corrected chi connectivity index (χ1v) is 5.85. The van der Waals surface area contributed by atoms with E-state index in [-0.39, 0.29) is 10.2 Å². The number of anilines is 1. The summed E-state index contributed by atoms with van der Waals surface area (Å²) in [6.07, 6.45) is 3.10. The first kappa shape index (κ1) is 12.0. The highest BCUT2D eigenvalue weighted by Gasteiger charge is 2.12. The molecule has 0 unspecified atom stereocenters. The summed E-state index contributed by atoms with van der Waals surface area (Å²) in [5.74, 6) is -0.555. The van der Waals surface area contributed by atoms with Crippen LogP contribution in [0.25, 0.3) is 5.69 Å². The fourth-order valence-electron chi connectivity index (χ4n) is 1.48. The van der Waals surface area contributed by atoms with Gasteiger partial charge >= 0.3 is 0 Å². The number of nitrogens with zero attached hydrogens (tertiary/aromatic N) is 2. The van der Waals surface area contributed by atoms with Gasteiger partial charge in [-0.2, -0.15) is 0 Å². The molecular weight excluding hydrogens is 292 g/mol. The van der Waals surface area contributed by atoms with Gasteiger partial charge in [0.05, 0.1) is 10.2 Å². The number of nitrogens with one attached hydrogen (secondary N) is 1. The average molecular weight is 302 g/mol. The minimum atomic E-state index is -0.518. The Labute approximate surface area is 106 Å². The van der Waals surface area contributed by atoms with Gasteiger partial charge in [0.25, 0.3) is 0 Å². The molecule has 1 N–H and O–H groups in total. The number of hydrogen-bond donors (Lipinski definition) is 1.